The van der Waals surface area contributed by atoms with E-state index in [2.05, 4.69) is 4.98 Å². The summed E-state index contributed by atoms with van der Waals surface area (Å²) >= 11 is 0. The van der Waals surface area contributed by atoms with Crippen LogP contribution < -0.4 is 0 Å². The standard InChI is InChI=1S/C15H18N4O2/c1-9-5-11-12(6-10(9)2)18(8-16-11)13-7-14(20)19(15(13)21)17(3)4/h5-6,8,13H,7H2,1-4H3. The maximum Gasteiger partial charge on any atom is 0.267 e. The Hall–Kier alpha value is -2.21. The van der Waals surface area contributed by atoms with Gasteiger partial charge in [0.05, 0.1) is 23.8 Å². The van der Waals surface area contributed by atoms with Gasteiger partial charge in [-0.25, -0.2) is 15.0 Å². The van der Waals surface area contributed by atoms with Crippen molar-refractivity contribution < 1.29 is 9.59 Å². The lowest BCUT2D eigenvalue weighted by atomic mass is 10.1. The molecule has 2 heterocycles. The van der Waals surface area contributed by atoms with E-state index >= 15 is 0 Å². The van der Waals surface area contributed by atoms with Crippen LogP contribution >= 0.6 is 0 Å². The molecule has 0 bridgehead atoms. The summed E-state index contributed by atoms with van der Waals surface area (Å²) in [7, 11) is 3.38. The highest BCUT2D eigenvalue weighted by Gasteiger charge is 2.41. The molecule has 1 aromatic carbocycles. The first-order valence-corrected chi connectivity index (χ1v) is 6.88. The molecule has 1 aliphatic rings. The van der Waals surface area contributed by atoms with Gasteiger partial charge in [0.25, 0.3) is 5.91 Å². The van der Waals surface area contributed by atoms with Gasteiger partial charge in [-0.05, 0) is 37.1 Å². The van der Waals surface area contributed by atoms with Gasteiger partial charge in [0.1, 0.15) is 6.04 Å². The number of imidazole rings is 1. The molecule has 1 saturated heterocycles. The van der Waals surface area contributed by atoms with E-state index in [1.54, 1.807) is 20.4 Å². The van der Waals surface area contributed by atoms with Crippen molar-refractivity contribution in [2.75, 3.05) is 14.1 Å². The summed E-state index contributed by atoms with van der Waals surface area (Å²) in [5, 5.41) is 2.72. The highest BCUT2D eigenvalue weighted by molar-refractivity contribution is 6.04. The minimum Gasteiger partial charge on any atom is -0.317 e. The third-order valence-corrected chi connectivity index (χ3v) is 4.02. The Labute approximate surface area is 122 Å². The van der Waals surface area contributed by atoms with E-state index in [9.17, 15) is 9.59 Å². The Bertz CT molecular complexity index is 747. The number of carbonyl (C=O) groups excluding carboxylic acids is 2. The summed E-state index contributed by atoms with van der Waals surface area (Å²) in [4.78, 5) is 28.8. The molecule has 0 radical (unpaired) electrons. The van der Waals surface area contributed by atoms with Gasteiger partial charge in [-0.3, -0.25) is 9.59 Å². The lowest BCUT2D eigenvalue weighted by Crippen LogP contribution is -2.41. The molecule has 2 aromatic rings. The van der Waals surface area contributed by atoms with Crippen molar-refractivity contribution in [3.05, 3.63) is 29.6 Å². The zero-order chi connectivity index (χ0) is 15.3. The van der Waals surface area contributed by atoms with Crippen LogP contribution in [0.25, 0.3) is 11.0 Å². The highest BCUT2D eigenvalue weighted by atomic mass is 16.2. The van der Waals surface area contributed by atoms with Gasteiger partial charge in [-0.15, -0.1) is 0 Å². The third-order valence-electron chi connectivity index (χ3n) is 4.02. The maximum atomic E-state index is 12.5. The first kappa shape index (κ1) is 13.8. The molecule has 1 aromatic heterocycles. The zero-order valence-electron chi connectivity index (χ0n) is 12.6. The monoisotopic (exact) mass is 286 g/mol. The first-order valence-electron chi connectivity index (χ1n) is 6.88. The van der Waals surface area contributed by atoms with Crippen LogP contribution in [0.5, 0.6) is 0 Å². The second-order valence-electron chi connectivity index (χ2n) is 5.69. The fourth-order valence-electron chi connectivity index (χ4n) is 2.77. The van der Waals surface area contributed by atoms with Crippen LogP contribution in [-0.2, 0) is 9.59 Å². The number of benzene rings is 1. The van der Waals surface area contributed by atoms with E-state index in [1.165, 1.54) is 10.0 Å². The van der Waals surface area contributed by atoms with Gasteiger partial charge >= 0.3 is 0 Å². The molecule has 0 saturated carbocycles. The van der Waals surface area contributed by atoms with Crippen molar-refractivity contribution in [2.24, 2.45) is 0 Å². The van der Waals surface area contributed by atoms with Crippen molar-refractivity contribution in [1.82, 2.24) is 19.6 Å². The fourth-order valence-corrected chi connectivity index (χ4v) is 2.77. The fraction of sp³-hybridized carbons (Fsp3) is 0.400. The van der Waals surface area contributed by atoms with Crippen molar-refractivity contribution >= 4 is 22.8 Å². The Kier molecular flexibility index (Phi) is 3.06. The quantitative estimate of drug-likeness (QED) is 0.784. The number of imide groups is 1. The summed E-state index contributed by atoms with van der Waals surface area (Å²) < 4.78 is 1.81. The van der Waals surface area contributed by atoms with Crippen LogP contribution in [0.4, 0.5) is 0 Å². The molecule has 3 rings (SSSR count). The molecular formula is C15H18N4O2. The number of nitrogens with zero attached hydrogens (tertiary/aromatic N) is 4. The minimum atomic E-state index is -0.507. The molecule has 1 aliphatic heterocycles. The molecule has 1 unspecified atom stereocenters. The molecule has 0 N–H and O–H groups in total. The summed E-state index contributed by atoms with van der Waals surface area (Å²) in [6.45, 7) is 4.06. The molecule has 21 heavy (non-hydrogen) atoms. The number of aromatic nitrogens is 2. The summed E-state index contributed by atoms with van der Waals surface area (Å²) in [5.41, 5.74) is 4.05. The SMILES string of the molecule is Cc1cc2ncn(C3CC(=O)N(N(C)C)C3=O)c2cc1C. The van der Waals surface area contributed by atoms with Gasteiger partial charge in [0.15, 0.2) is 0 Å². The van der Waals surface area contributed by atoms with Crippen LogP contribution in [0.3, 0.4) is 0 Å². The van der Waals surface area contributed by atoms with E-state index in [-0.39, 0.29) is 18.2 Å². The second-order valence-corrected chi connectivity index (χ2v) is 5.69. The number of hydrogen-bond acceptors (Lipinski definition) is 4. The predicted molar refractivity (Wildman–Crippen MR) is 78.4 cm³/mol. The molecule has 0 aliphatic carbocycles. The zero-order valence-corrected chi connectivity index (χ0v) is 12.6. The van der Waals surface area contributed by atoms with Crippen molar-refractivity contribution in [1.29, 1.82) is 0 Å². The number of rotatable bonds is 2. The van der Waals surface area contributed by atoms with E-state index in [1.807, 2.05) is 30.5 Å². The molecule has 0 spiro atoms. The number of hydrazine groups is 1. The minimum absolute atomic E-state index is 0.176. The number of amides is 2. The van der Waals surface area contributed by atoms with E-state index in [0.717, 1.165) is 22.2 Å². The number of carbonyl (C=O) groups is 2. The van der Waals surface area contributed by atoms with Gasteiger partial charge in [0.2, 0.25) is 5.91 Å². The molecule has 1 atom stereocenters. The van der Waals surface area contributed by atoms with Gasteiger partial charge in [0, 0.05) is 14.1 Å². The molecule has 1 fully saturated rings. The Morgan fingerprint density at radius 3 is 2.48 bits per heavy atom. The first-order chi connectivity index (χ1) is 9.90. The summed E-state index contributed by atoms with van der Waals surface area (Å²) in [5.74, 6) is -0.386. The van der Waals surface area contributed by atoms with Crippen molar-refractivity contribution in [3.8, 4) is 0 Å². The Balaban J connectivity index is 2.08. The van der Waals surface area contributed by atoms with E-state index in [4.69, 9.17) is 0 Å². The largest absolute Gasteiger partial charge is 0.317 e. The number of hydrogen-bond donors (Lipinski definition) is 0. The molecule has 2 amide bonds. The van der Waals surface area contributed by atoms with Crippen LogP contribution in [-0.4, -0.2) is 45.5 Å². The Morgan fingerprint density at radius 2 is 1.86 bits per heavy atom. The van der Waals surface area contributed by atoms with Gasteiger partial charge < -0.3 is 4.57 Å². The maximum absolute atomic E-state index is 12.5. The average Bonchev–Trinajstić information content (AvgIpc) is 2.91. The highest BCUT2D eigenvalue weighted by Crippen LogP contribution is 2.29. The van der Waals surface area contributed by atoms with Crippen molar-refractivity contribution in [3.63, 3.8) is 0 Å². The van der Waals surface area contributed by atoms with Crippen molar-refractivity contribution in [2.45, 2.75) is 26.3 Å². The molecule has 6 heteroatoms. The average molecular weight is 286 g/mol. The smallest absolute Gasteiger partial charge is 0.267 e. The second kappa shape index (κ2) is 4.66. The number of aryl methyl sites for hydroxylation is 2. The normalized spacial score (nSPS) is 19.3. The van der Waals surface area contributed by atoms with Crippen LogP contribution in [0.2, 0.25) is 0 Å². The summed E-state index contributed by atoms with van der Waals surface area (Å²) in [6.07, 6.45) is 1.83. The predicted octanol–water partition coefficient (Wildman–Crippen LogP) is 1.43. The Morgan fingerprint density at radius 1 is 1.19 bits per heavy atom. The van der Waals surface area contributed by atoms with Crippen LogP contribution in [0, 0.1) is 13.8 Å². The van der Waals surface area contributed by atoms with Gasteiger partial charge in [-0.2, -0.15) is 0 Å². The number of fused-ring (bicyclic) bond motifs is 1. The lowest BCUT2D eigenvalue weighted by molar-refractivity contribution is -0.153. The molecular weight excluding hydrogens is 268 g/mol. The van der Waals surface area contributed by atoms with Gasteiger partial charge in [-0.1, -0.05) is 0 Å². The molecule has 6 nitrogen and oxygen atoms in total. The van der Waals surface area contributed by atoms with Crippen LogP contribution in [0.1, 0.15) is 23.6 Å². The topological polar surface area (TPSA) is 58.4 Å². The van der Waals surface area contributed by atoms with E-state index < -0.39 is 6.04 Å². The lowest BCUT2D eigenvalue weighted by Gasteiger charge is -2.22. The third kappa shape index (κ3) is 2.03. The molecule has 110 valence electrons. The van der Waals surface area contributed by atoms with Crippen LogP contribution in [0.15, 0.2) is 18.5 Å². The summed E-state index contributed by atoms with van der Waals surface area (Å²) in [6, 6.07) is 3.52. The van der Waals surface area contributed by atoms with E-state index in [0.29, 0.717) is 0 Å².